The van der Waals surface area contributed by atoms with E-state index in [0.29, 0.717) is 34.0 Å². The minimum absolute atomic E-state index is 0.0473. The zero-order valence-electron chi connectivity index (χ0n) is 19.4. The van der Waals surface area contributed by atoms with Crippen molar-refractivity contribution in [3.05, 3.63) is 101 Å². The molecule has 1 amide bonds. The lowest BCUT2D eigenvalue weighted by molar-refractivity contribution is -0.170. The Labute approximate surface area is 206 Å². The average Bonchev–Trinajstić information content (AvgIpc) is 3.02. The second-order valence-electron chi connectivity index (χ2n) is 8.83. The Morgan fingerprint density at radius 3 is 2.36 bits per heavy atom. The predicted molar refractivity (Wildman–Crippen MR) is 130 cm³/mol. The van der Waals surface area contributed by atoms with Crippen molar-refractivity contribution < 1.29 is 27.5 Å². The van der Waals surface area contributed by atoms with Gasteiger partial charge in [0.1, 0.15) is 5.75 Å². The number of hydrogen-bond acceptors (Lipinski definition) is 4. The number of nitrogens with one attached hydrogen (secondary N) is 1. The molecule has 8 heteroatoms. The van der Waals surface area contributed by atoms with Gasteiger partial charge in [0.2, 0.25) is 0 Å². The van der Waals surface area contributed by atoms with Gasteiger partial charge in [-0.25, -0.2) is 0 Å². The van der Waals surface area contributed by atoms with Gasteiger partial charge in [-0.15, -0.1) is 0 Å². The normalized spacial score (nSPS) is 19.7. The van der Waals surface area contributed by atoms with Gasteiger partial charge in [-0.05, 0) is 47.7 Å². The third kappa shape index (κ3) is 4.23. The minimum Gasteiger partial charge on any atom is -0.497 e. The SMILES string of the molecule is COc1cccc([C@@H]2C3=C(C[C@@H](c4ccccc4)CC3=O)Nc3ccccc3N2C(=O)C(F)(F)F)c1. The number of para-hydroxylation sites is 2. The monoisotopic (exact) mass is 492 g/mol. The van der Waals surface area contributed by atoms with E-state index in [-0.39, 0.29) is 29.4 Å². The molecule has 0 aromatic heterocycles. The quantitative estimate of drug-likeness (QED) is 0.476. The van der Waals surface area contributed by atoms with Gasteiger partial charge in [0.25, 0.3) is 0 Å². The zero-order valence-corrected chi connectivity index (χ0v) is 19.4. The molecule has 184 valence electrons. The number of anilines is 2. The number of allylic oxidation sites excluding steroid dienone is 1. The van der Waals surface area contributed by atoms with Crippen LogP contribution in [0.2, 0.25) is 0 Å². The number of fused-ring (bicyclic) bond motifs is 1. The van der Waals surface area contributed by atoms with Gasteiger partial charge >= 0.3 is 12.1 Å². The fourth-order valence-electron chi connectivity index (χ4n) is 5.04. The first-order chi connectivity index (χ1) is 17.3. The molecule has 3 aromatic rings. The molecule has 0 spiro atoms. The summed E-state index contributed by atoms with van der Waals surface area (Å²) in [6.07, 6.45) is -4.62. The molecule has 36 heavy (non-hydrogen) atoms. The summed E-state index contributed by atoms with van der Waals surface area (Å²) < 4.78 is 47.2. The molecule has 0 radical (unpaired) electrons. The molecule has 3 aromatic carbocycles. The van der Waals surface area contributed by atoms with Crippen LogP contribution < -0.4 is 15.0 Å². The summed E-state index contributed by atoms with van der Waals surface area (Å²) in [6.45, 7) is 0. The molecule has 2 aliphatic rings. The zero-order chi connectivity index (χ0) is 25.4. The van der Waals surface area contributed by atoms with Crippen LogP contribution in [-0.4, -0.2) is 25.0 Å². The average molecular weight is 492 g/mol. The summed E-state index contributed by atoms with van der Waals surface area (Å²) in [6, 6.07) is 21.0. The van der Waals surface area contributed by atoms with E-state index < -0.39 is 18.1 Å². The van der Waals surface area contributed by atoms with E-state index in [4.69, 9.17) is 4.74 Å². The van der Waals surface area contributed by atoms with E-state index >= 15 is 0 Å². The largest absolute Gasteiger partial charge is 0.497 e. The number of ketones is 1. The standard InChI is InChI=1S/C28H23F3N2O3/c1-36-20-11-7-10-18(14-20)26-25-22(15-19(16-24(25)34)17-8-3-2-4-9-17)32-21-12-5-6-13-23(21)33(26)27(35)28(29,30)31/h2-14,19,26,32H,15-16H2,1H3/t19-,26-/m1/s1. The number of alkyl halides is 3. The van der Waals surface area contributed by atoms with Crippen LogP contribution in [0.1, 0.15) is 35.9 Å². The second-order valence-corrected chi connectivity index (χ2v) is 8.83. The van der Waals surface area contributed by atoms with Crippen molar-refractivity contribution in [2.75, 3.05) is 17.3 Å². The van der Waals surface area contributed by atoms with Crippen molar-refractivity contribution in [3.8, 4) is 5.75 Å². The molecule has 0 fully saturated rings. The van der Waals surface area contributed by atoms with Crippen molar-refractivity contribution in [1.82, 2.24) is 0 Å². The van der Waals surface area contributed by atoms with Crippen LogP contribution in [0.3, 0.4) is 0 Å². The number of Topliss-reactive ketones (excluding diaryl/α,β-unsaturated/α-hetero) is 1. The molecule has 0 saturated carbocycles. The fraction of sp³-hybridized carbons (Fsp3) is 0.214. The number of rotatable bonds is 3. The molecule has 0 saturated heterocycles. The molecule has 0 bridgehead atoms. The first-order valence-corrected chi connectivity index (χ1v) is 11.5. The molecule has 2 atom stereocenters. The van der Waals surface area contributed by atoms with Crippen molar-refractivity contribution >= 4 is 23.1 Å². The highest BCUT2D eigenvalue weighted by molar-refractivity contribution is 6.07. The maximum atomic E-state index is 14.0. The Morgan fingerprint density at radius 2 is 1.64 bits per heavy atom. The minimum atomic E-state index is -5.15. The van der Waals surface area contributed by atoms with Crippen LogP contribution in [-0.2, 0) is 9.59 Å². The molecule has 5 nitrogen and oxygen atoms in total. The highest BCUT2D eigenvalue weighted by Gasteiger charge is 2.50. The van der Waals surface area contributed by atoms with Crippen LogP contribution in [0.25, 0.3) is 0 Å². The summed E-state index contributed by atoms with van der Waals surface area (Å²) in [5, 5.41) is 3.22. The number of amides is 1. The smallest absolute Gasteiger partial charge is 0.471 e. The van der Waals surface area contributed by atoms with E-state index in [0.717, 1.165) is 5.56 Å². The van der Waals surface area contributed by atoms with E-state index in [1.807, 2.05) is 30.3 Å². The Bertz CT molecular complexity index is 1350. The van der Waals surface area contributed by atoms with Gasteiger partial charge in [-0.3, -0.25) is 14.5 Å². The van der Waals surface area contributed by atoms with Crippen LogP contribution >= 0.6 is 0 Å². The van der Waals surface area contributed by atoms with E-state index in [9.17, 15) is 22.8 Å². The number of hydrogen-bond donors (Lipinski definition) is 1. The Hall–Kier alpha value is -4.07. The summed E-state index contributed by atoms with van der Waals surface area (Å²) in [7, 11) is 1.45. The lowest BCUT2D eigenvalue weighted by Crippen LogP contribution is -2.45. The Balaban J connectivity index is 1.75. The van der Waals surface area contributed by atoms with Crippen LogP contribution in [0.15, 0.2) is 90.1 Å². The first kappa shape index (κ1) is 23.7. The molecule has 1 aliphatic heterocycles. The molecule has 5 rings (SSSR count). The van der Waals surface area contributed by atoms with Crippen LogP contribution in [0.4, 0.5) is 24.5 Å². The van der Waals surface area contributed by atoms with E-state index in [1.54, 1.807) is 42.5 Å². The molecule has 1 N–H and O–H groups in total. The maximum Gasteiger partial charge on any atom is 0.471 e. The summed E-state index contributed by atoms with van der Waals surface area (Å²) >= 11 is 0. The number of nitrogens with zero attached hydrogens (tertiary/aromatic N) is 1. The maximum absolute atomic E-state index is 14.0. The van der Waals surface area contributed by atoms with Gasteiger partial charge in [0.05, 0.1) is 24.5 Å². The summed E-state index contributed by atoms with van der Waals surface area (Å²) in [4.78, 5) is 27.4. The topological polar surface area (TPSA) is 58.6 Å². The van der Waals surface area contributed by atoms with E-state index in [2.05, 4.69) is 5.32 Å². The van der Waals surface area contributed by atoms with Crippen LogP contribution in [0, 0.1) is 0 Å². The Morgan fingerprint density at radius 1 is 0.944 bits per heavy atom. The molecule has 0 unspecified atom stereocenters. The van der Waals surface area contributed by atoms with Crippen molar-refractivity contribution in [2.45, 2.75) is 31.0 Å². The first-order valence-electron chi connectivity index (χ1n) is 11.5. The second kappa shape index (κ2) is 9.18. The lowest BCUT2D eigenvalue weighted by atomic mass is 9.78. The number of ether oxygens (including phenoxy) is 1. The fourth-order valence-corrected chi connectivity index (χ4v) is 5.04. The third-order valence-electron chi connectivity index (χ3n) is 6.63. The van der Waals surface area contributed by atoms with Crippen molar-refractivity contribution in [3.63, 3.8) is 0 Å². The highest BCUT2D eigenvalue weighted by atomic mass is 19.4. The highest BCUT2D eigenvalue weighted by Crippen LogP contribution is 2.48. The van der Waals surface area contributed by atoms with E-state index in [1.165, 1.54) is 13.2 Å². The molecule has 1 heterocycles. The number of benzene rings is 3. The lowest BCUT2D eigenvalue weighted by Gasteiger charge is -2.35. The third-order valence-corrected chi connectivity index (χ3v) is 6.63. The number of methoxy groups -OCH3 is 1. The van der Waals surface area contributed by atoms with Crippen molar-refractivity contribution in [2.24, 2.45) is 0 Å². The van der Waals surface area contributed by atoms with Gasteiger partial charge in [-0.2, -0.15) is 13.2 Å². The van der Waals surface area contributed by atoms with Gasteiger partial charge in [0.15, 0.2) is 5.78 Å². The number of carbonyl (C=O) groups is 2. The van der Waals surface area contributed by atoms with Crippen LogP contribution in [0.5, 0.6) is 5.75 Å². The molecule has 1 aliphatic carbocycles. The Kier molecular flexibility index (Phi) is 6.04. The molecular formula is C28H23F3N2O3. The van der Waals surface area contributed by atoms with Gasteiger partial charge < -0.3 is 10.1 Å². The summed E-state index contributed by atoms with van der Waals surface area (Å²) in [5.74, 6) is -2.09. The van der Waals surface area contributed by atoms with Gasteiger partial charge in [-0.1, -0.05) is 54.6 Å². The number of halogens is 3. The predicted octanol–water partition coefficient (Wildman–Crippen LogP) is 6.16. The summed E-state index contributed by atoms with van der Waals surface area (Å²) in [5.41, 5.74) is 2.37. The molecular weight excluding hydrogens is 469 g/mol. The van der Waals surface area contributed by atoms with Gasteiger partial charge in [0, 0.05) is 17.7 Å². The number of carbonyl (C=O) groups excluding carboxylic acids is 2. The van der Waals surface area contributed by atoms with Crippen molar-refractivity contribution in [1.29, 1.82) is 0 Å².